The predicted octanol–water partition coefficient (Wildman–Crippen LogP) is 4.26. The van der Waals surface area contributed by atoms with Crippen LogP contribution in [0, 0.1) is 0 Å². The Balaban J connectivity index is 1.74. The van der Waals surface area contributed by atoms with Gasteiger partial charge in [-0.2, -0.15) is 0 Å². The molecule has 0 fully saturated rings. The molecule has 0 atom stereocenters. The van der Waals surface area contributed by atoms with Crippen molar-refractivity contribution in [2.24, 2.45) is 0 Å². The van der Waals surface area contributed by atoms with Gasteiger partial charge in [-0.1, -0.05) is 27.5 Å². The lowest BCUT2D eigenvalue weighted by Gasteiger charge is -2.17. The molecule has 0 aliphatic carbocycles. The molecule has 1 aromatic heterocycles. The minimum Gasteiger partial charge on any atom is -0.376 e. The van der Waals surface area contributed by atoms with Gasteiger partial charge < -0.3 is 4.74 Å². The van der Waals surface area contributed by atoms with E-state index in [1.807, 2.05) is 12.1 Å². The summed E-state index contributed by atoms with van der Waals surface area (Å²) in [5.41, 5.74) is 1.97. The number of halogens is 2. The fourth-order valence-corrected chi connectivity index (χ4v) is 3.26. The highest BCUT2D eigenvalue weighted by Crippen LogP contribution is 2.26. The molecule has 6 heteroatoms. The number of aromatic nitrogens is 2. The van der Waals surface area contributed by atoms with Crippen LogP contribution < -0.4 is 0 Å². The van der Waals surface area contributed by atoms with Crippen LogP contribution in [0.25, 0.3) is 0 Å². The van der Waals surface area contributed by atoms with Gasteiger partial charge in [-0.25, -0.2) is 9.97 Å². The van der Waals surface area contributed by atoms with Gasteiger partial charge >= 0.3 is 0 Å². The molecule has 0 saturated carbocycles. The van der Waals surface area contributed by atoms with Crippen molar-refractivity contribution in [1.82, 2.24) is 9.97 Å². The van der Waals surface area contributed by atoms with Crippen LogP contribution in [0.15, 0.2) is 33.6 Å². The van der Waals surface area contributed by atoms with Crippen LogP contribution in [-0.2, 0) is 23.5 Å². The third-order valence-electron chi connectivity index (χ3n) is 3.00. The van der Waals surface area contributed by atoms with Crippen molar-refractivity contribution in [1.29, 1.82) is 0 Å². The molecule has 1 aliphatic heterocycles. The van der Waals surface area contributed by atoms with E-state index in [-0.39, 0.29) is 0 Å². The van der Waals surface area contributed by atoms with E-state index >= 15 is 0 Å². The van der Waals surface area contributed by atoms with Crippen LogP contribution in [-0.4, -0.2) is 16.6 Å². The smallest absolute Gasteiger partial charge is 0.140 e. The Kier molecular flexibility index (Phi) is 4.61. The SMILES string of the molecule is Clc1nc(CSc2ccc(Br)cc2)nc2c1COCC2. The first-order chi connectivity index (χ1) is 9.72. The van der Waals surface area contributed by atoms with Crippen LogP contribution in [0.5, 0.6) is 0 Å². The highest BCUT2D eigenvalue weighted by atomic mass is 79.9. The van der Waals surface area contributed by atoms with Gasteiger partial charge in [-0.3, -0.25) is 0 Å². The van der Waals surface area contributed by atoms with Crippen molar-refractivity contribution in [3.05, 3.63) is 51.0 Å². The van der Waals surface area contributed by atoms with E-state index in [1.165, 1.54) is 4.90 Å². The quantitative estimate of drug-likeness (QED) is 0.596. The molecule has 0 unspecified atom stereocenters. The van der Waals surface area contributed by atoms with Gasteiger partial charge in [0.05, 0.1) is 24.7 Å². The lowest BCUT2D eigenvalue weighted by atomic mass is 10.1. The third-order valence-corrected chi connectivity index (χ3v) is 4.85. The van der Waals surface area contributed by atoms with Gasteiger partial charge in [-0.05, 0) is 24.3 Å². The summed E-state index contributed by atoms with van der Waals surface area (Å²) >= 11 is 11.3. The number of hydrogen-bond donors (Lipinski definition) is 0. The van der Waals surface area contributed by atoms with Crippen molar-refractivity contribution in [3.8, 4) is 0 Å². The molecule has 3 nitrogen and oxygen atoms in total. The second-order valence-corrected chi connectivity index (χ2v) is 6.72. The Labute approximate surface area is 135 Å². The molecule has 20 heavy (non-hydrogen) atoms. The summed E-state index contributed by atoms with van der Waals surface area (Å²) in [6.45, 7) is 1.23. The summed E-state index contributed by atoms with van der Waals surface area (Å²) in [4.78, 5) is 10.2. The largest absolute Gasteiger partial charge is 0.376 e. The maximum atomic E-state index is 6.20. The summed E-state index contributed by atoms with van der Waals surface area (Å²) in [6.07, 6.45) is 0.813. The van der Waals surface area contributed by atoms with Crippen molar-refractivity contribution in [2.75, 3.05) is 6.61 Å². The van der Waals surface area contributed by atoms with Crippen LogP contribution in [0.2, 0.25) is 5.15 Å². The van der Waals surface area contributed by atoms with Gasteiger partial charge in [0.15, 0.2) is 0 Å². The van der Waals surface area contributed by atoms with Crippen molar-refractivity contribution < 1.29 is 4.74 Å². The molecule has 0 spiro atoms. The van der Waals surface area contributed by atoms with E-state index in [1.54, 1.807) is 11.8 Å². The highest BCUT2D eigenvalue weighted by Gasteiger charge is 2.17. The van der Waals surface area contributed by atoms with E-state index in [4.69, 9.17) is 16.3 Å². The first kappa shape index (κ1) is 14.3. The normalized spacial score (nSPS) is 14.1. The zero-order valence-corrected chi connectivity index (χ0v) is 13.8. The molecule has 0 bridgehead atoms. The molecule has 2 heterocycles. The molecule has 0 N–H and O–H groups in total. The van der Waals surface area contributed by atoms with E-state index in [2.05, 4.69) is 38.0 Å². The Morgan fingerprint density at radius 3 is 2.85 bits per heavy atom. The molecule has 104 valence electrons. The van der Waals surface area contributed by atoms with Gasteiger partial charge in [0.1, 0.15) is 11.0 Å². The number of hydrogen-bond acceptors (Lipinski definition) is 4. The van der Waals surface area contributed by atoms with E-state index < -0.39 is 0 Å². The summed E-state index contributed by atoms with van der Waals surface area (Å²) in [5, 5.41) is 0.529. The van der Waals surface area contributed by atoms with Gasteiger partial charge in [-0.15, -0.1) is 11.8 Å². The average Bonchev–Trinajstić information content (AvgIpc) is 2.47. The van der Waals surface area contributed by atoms with Gasteiger partial charge in [0.2, 0.25) is 0 Å². The minimum atomic E-state index is 0.522. The van der Waals surface area contributed by atoms with Crippen molar-refractivity contribution in [2.45, 2.75) is 23.7 Å². The number of rotatable bonds is 3. The van der Waals surface area contributed by atoms with Crippen LogP contribution in [0.1, 0.15) is 17.1 Å². The van der Waals surface area contributed by atoms with E-state index in [0.29, 0.717) is 18.4 Å². The number of thioether (sulfide) groups is 1. The van der Waals surface area contributed by atoms with Gasteiger partial charge in [0, 0.05) is 21.4 Å². The fraction of sp³-hybridized carbons (Fsp3) is 0.286. The topological polar surface area (TPSA) is 35.0 Å². The molecule has 1 aromatic carbocycles. The standard InChI is InChI=1S/C14H12BrClN2OS/c15-9-1-3-10(4-2-9)20-8-13-17-12-5-6-19-7-11(12)14(16)18-13/h1-4H,5-8H2. The monoisotopic (exact) mass is 370 g/mol. The molecule has 0 saturated heterocycles. The molecule has 0 radical (unpaired) electrons. The number of ether oxygens (including phenoxy) is 1. The van der Waals surface area contributed by atoms with E-state index in [0.717, 1.165) is 33.7 Å². The third kappa shape index (κ3) is 3.34. The van der Waals surface area contributed by atoms with Crippen molar-refractivity contribution in [3.63, 3.8) is 0 Å². The number of benzene rings is 1. The maximum Gasteiger partial charge on any atom is 0.140 e. The summed E-state index contributed by atoms with van der Waals surface area (Å²) < 4.78 is 6.46. The van der Waals surface area contributed by atoms with Crippen LogP contribution in [0.4, 0.5) is 0 Å². The maximum absolute atomic E-state index is 6.20. The average molecular weight is 372 g/mol. The molecular weight excluding hydrogens is 360 g/mol. The Bertz CT molecular complexity index is 621. The highest BCUT2D eigenvalue weighted by molar-refractivity contribution is 9.10. The predicted molar refractivity (Wildman–Crippen MR) is 84.1 cm³/mol. The Morgan fingerprint density at radius 1 is 1.25 bits per heavy atom. The number of nitrogens with zero attached hydrogens (tertiary/aromatic N) is 2. The molecular formula is C14H12BrClN2OS. The van der Waals surface area contributed by atoms with Gasteiger partial charge in [0.25, 0.3) is 0 Å². The zero-order chi connectivity index (χ0) is 13.9. The summed E-state index contributed by atoms with van der Waals surface area (Å²) in [6, 6.07) is 8.20. The molecule has 1 aliphatic rings. The zero-order valence-electron chi connectivity index (χ0n) is 10.6. The molecule has 0 amide bonds. The first-order valence-electron chi connectivity index (χ1n) is 6.22. The van der Waals surface area contributed by atoms with Crippen molar-refractivity contribution >= 4 is 39.3 Å². The Hall–Kier alpha value is -0.620. The minimum absolute atomic E-state index is 0.522. The van der Waals surface area contributed by atoms with Crippen LogP contribution >= 0.6 is 39.3 Å². The lowest BCUT2D eigenvalue weighted by molar-refractivity contribution is 0.109. The second kappa shape index (κ2) is 6.43. The Morgan fingerprint density at radius 2 is 2.05 bits per heavy atom. The van der Waals surface area contributed by atoms with Crippen LogP contribution in [0.3, 0.4) is 0 Å². The molecule has 3 rings (SSSR count). The summed E-state index contributed by atoms with van der Waals surface area (Å²) in [5.74, 6) is 1.50. The number of fused-ring (bicyclic) bond motifs is 1. The summed E-state index contributed by atoms with van der Waals surface area (Å²) in [7, 11) is 0. The second-order valence-electron chi connectivity index (χ2n) is 4.40. The van der Waals surface area contributed by atoms with E-state index in [9.17, 15) is 0 Å². The lowest BCUT2D eigenvalue weighted by Crippen LogP contribution is -2.14. The molecule has 2 aromatic rings. The first-order valence-corrected chi connectivity index (χ1v) is 8.38. The fourth-order valence-electron chi connectivity index (χ4n) is 1.98.